The normalized spacial score (nSPS) is 10.1. The predicted octanol–water partition coefficient (Wildman–Crippen LogP) is 3.13. The van der Waals surface area contributed by atoms with Crippen LogP contribution in [0.4, 0.5) is 5.69 Å². The van der Waals surface area contributed by atoms with Gasteiger partial charge in [-0.25, -0.2) is 0 Å². The number of thiol groups is 1. The Morgan fingerprint density at radius 3 is 2.79 bits per heavy atom. The van der Waals surface area contributed by atoms with Crippen LogP contribution in [-0.2, 0) is 0 Å². The molecule has 2 N–H and O–H groups in total. The lowest BCUT2D eigenvalue weighted by Gasteiger charge is -2.07. The van der Waals surface area contributed by atoms with Crippen molar-refractivity contribution in [3.8, 4) is 5.75 Å². The highest BCUT2D eigenvalue weighted by Gasteiger charge is 1.97. The molecule has 0 amide bonds. The van der Waals surface area contributed by atoms with Gasteiger partial charge in [-0.05, 0) is 24.6 Å². The Balaban J connectivity index is 2.39. The second-order valence-electron chi connectivity index (χ2n) is 3.28. The Labute approximate surface area is 90.9 Å². The van der Waals surface area contributed by atoms with Crippen LogP contribution in [-0.4, -0.2) is 6.61 Å². The molecule has 1 rings (SSSR count). The third-order valence-corrected chi connectivity index (χ3v) is 2.41. The minimum Gasteiger partial charge on any atom is -0.494 e. The topological polar surface area (TPSA) is 35.2 Å². The molecule has 0 bridgehead atoms. The first kappa shape index (κ1) is 11.2. The van der Waals surface area contributed by atoms with E-state index in [9.17, 15) is 0 Å². The van der Waals surface area contributed by atoms with Crippen LogP contribution in [0.15, 0.2) is 23.1 Å². The standard InChI is InChI=1S/C11H17NOS/c1-2-3-4-7-13-9-5-6-10(12)11(14)8-9/h5-6,8,14H,2-4,7,12H2,1H3. The fraction of sp³-hybridized carbons (Fsp3) is 0.455. The van der Waals surface area contributed by atoms with E-state index < -0.39 is 0 Å². The molecule has 0 radical (unpaired) electrons. The van der Waals surface area contributed by atoms with Crippen LogP contribution < -0.4 is 10.5 Å². The summed E-state index contributed by atoms with van der Waals surface area (Å²) in [7, 11) is 0. The first-order valence-electron chi connectivity index (χ1n) is 4.95. The van der Waals surface area contributed by atoms with Crippen molar-refractivity contribution in [1.29, 1.82) is 0 Å². The van der Waals surface area contributed by atoms with Gasteiger partial charge in [-0.3, -0.25) is 0 Å². The number of benzene rings is 1. The first-order chi connectivity index (χ1) is 6.74. The molecule has 0 fully saturated rings. The molecule has 0 aliphatic carbocycles. The summed E-state index contributed by atoms with van der Waals surface area (Å²) in [6.45, 7) is 2.94. The van der Waals surface area contributed by atoms with Crippen molar-refractivity contribution in [2.45, 2.75) is 31.1 Å². The molecule has 0 atom stereocenters. The zero-order valence-electron chi connectivity index (χ0n) is 8.49. The van der Waals surface area contributed by atoms with Crippen LogP contribution in [0.3, 0.4) is 0 Å². The number of hydrogen-bond acceptors (Lipinski definition) is 3. The second-order valence-corrected chi connectivity index (χ2v) is 3.76. The van der Waals surface area contributed by atoms with Crippen LogP contribution in [0.5, 0.6) is 5.75 Å². The van der Waals surface area contributed by atoms with Crippen molar-refractivity contribution >= 4 is 18.3 Å². The lowest BCUT2D eigenvalue weighted by atomic mass is 10.2. The number of rotatable bonds is 5. The summed E-state index contributed by atoms with van der Waals surface area (Å²) in [5.74, 6) is 0.848. The summed E-state index contributed by atoms with van der Waals surface area (Å²) >= 11 is 4.23. The van der Waals surface area contributed by atoms with Crippen LogP contribution in [0, 0.1) is 0 Å². The molecule has 1 aromatic carbocycles. The van der Waals surface area contributed by atoms with E-state index in [0.717, 1.165) is 23.7 Å². The summed E-state index contributed by atoms with van der Waals surface area (Å²) in [6, 6.07) is 5.54. The zero-order chi connectivity index (χ0) is 10.4. The molecule has 0 saturated carbocycles. The summed E-state index contributed by atoms with van der Waals surface area (Å²) in [4.78, 5) is 0.776. The monoisotopic (exact) mass is 211 g/mol. The Kier molecular flexibility index (Phi) is 4.66. The van der Waals surface area contributed by atoms with Gasteiger partial charge in [0.25, 0.3) is 0 Å². The van der Waals surface area contributed by atoms with Crippen LogP contribution in [0.25, 0.3) is 0 Å². The molecule has 14 heavy (non-hydrogen) atoms. The van der Waals surface area contributed by atoms with Crippen molar-refractivity contribution in [3.05, 3.63) is 18.2 Å². The lowest BCUT2D eigenvalue weighted by Crippen LogP contribution is -1.97. The average Bonchev–Trinajstić information content (AvgIpc) is 2.18. The number of nitrogens with two attached hydrogens (primary N) is 1. The highest BCUT2D eigenvalue weighted by molar-refractivity contribution is 7.80. The van der Waals surface area contributed by atoms with E-state index in [-0.39, 0.29) is 0 Å². The van der Waals surface area contributed by atoms with Crippen molar-refractivity contribution < 1.29 is 4.74 Å². The smallest absolute Gasteiger partial charge is 0.120 e. The molecule has 3 heteroatoms. The summed E-state index contributed by atoms with van der Waals surface area (Å²) < 4.78 is 5.54. The largest absolute Gasteiger partial charge is 0.494 e. The zero-order valence-corrected chi connectivity index (χ0v) is 9.39. The van der Waals surface area contributed by atoms with E-state index in [2.05, 4.69) is 19.6 Å². The molecule has 78 valence electrons. The van der Waals surface area contributed by atoms with Gasteiger partial charge >= 0.3 is 0 Å². The molecule has 0 spiro atoms. The summed E-state index contributed by atoms with van der Waals surface area (Å²) in [5, 5.41) is 0. The third kappa shape index (κ3) is 3.50. The van der Waals surface area contributed by atoms with Gasteiger partial charge in [-0.1, -0.05) is 19.8 Å². The average molecular weight is 211 g/mol. The second kappa shape index (κ2) is 5.81. The number of unbranched alkanes of at least 4 members (excludes halogenated alkanes) is 2. The quantitative estimate of drug-likeness (QED) is 0.446. The third-order valence-electron chi connectivity index (χ3n) is 2.02. The number of hydrogen-bond donors (Lipinski definition) is 2. The van der Waals surface area contributed by atoms with Crippen molar-refractivity contribution in [2.75, 3.05) is 12.3 Å². The lowest BCUT2D eigenvalue weighted by molar-refractivity contribution is 0.305. The van der Waals surface area contributed by atoms with E-state index in [0.29, 0.717) is 5.69 Å². The molecular weight excluding hydrogens is 194 g/mol. The van der Waals surface area contributed by atoms with E-state index in [4.69, 9.17) is 10.5 Å². The Morgan fingerprint density at radius 2 is 2.14 bits per heavy atom. The van der Waals surface area contributed by atoms with Gasteiger partial charge in [-0.15, -0.1) is 12.6 Å². The summed E-state index contributed by atoms with van der Waals surface area (Å²) in [6.07, 6.45) is 3.52. The Morgan fingerprint density at radius 1 is 1.36 bits per heavy atom. The maximum absolute atomic E-state index is 5.63. The number of ether oxygens (including phenoxy) is 1. The molecule has 1 aromatic rings. The van der Waals surface area contributed by atoms with E-state index in [1.54, 1.807) is 0 Å². The summed E-state index contributed by atoms with van der Waals surface area (Å²) in [5.41, 5.74) is 6.32. The van der Waals surface area contributed by atoms with E-state index >= 15 is 0 Å². The van der Waals surface area contributed by atoms with Crippen LogP contribution in [0.2, 0.25) is 0 Å². The molecule has 0 saturated heterocycles. The van der Waals surface area contributed by atoms with Crippen molar-refractivity contribution in [2.24, 2.45) is 0 Å². The number of anilines is 1. The first-order valence-corrected chi connectivity index (χ1v) is 5.40. The minimum absolute atomic E-state index is 0.689. The molecule has 0 aromatic heterocycles. The maximum Gasteiger partial charge on any atom is 0.120 e. The molecule has 2 nitrogen and oxygen atoms in total. The molecule has 0 aliphatic heterocycles. The van der Waals surface area contributed by atoms with Gasteiger partial charge in [0.1, 0.15) is 5.75 Å². The molecule has 0 unspecified atom stereocenters. The fourth-order valence-electron chi connectivity index (χ4n) is 1.16. The van der Waals surface area contributed by atoms with Crippen molar-refractivity contribution in [3.63, 3.8) is 0 Å². The van der Waals surface area contributed by atoms with Crippen LogP contribution >= 0.6 is 12.6 Å². The maximum atomic E-state index is 5.63. The van der Waals surface area contributed by atoms with Gasteiger partial charge < -0.3 is 10.5 Å². The number of nitrogen functional groups attached to an aromatic ring is 1. The molecule has 0 heterocycles. The van der Waals surface area contributed by atoms with Gasteiger partial charge in [0.05, 0.1) is 6.61 Å². The molecular formula is C11H17NOS. The van der Waals surface area contributed by atoms with Gasteiger partial charge in [0.15, 0.2) is 0 Å². The molecule has 0 aliphatic rings. The van der Waals surface area contributed by atoms with Gasteiger partial charge in [0.2, 0.25) is 0 Å². The minimum atomic E-state index is 0.689. The van der Waals surface area contributed by atoms with E-state index in [1.165, 1.54) is 12.8 Å². The van der Waals surface area contributed by atoms with Gasteiger partial charge in [-0.2, -0.15) is 0 Å². The highest BCUT2D eigenvalue weighted by Crippen LogP contribution is 2.22. The van der Waals surface area contributed by atoms with Gasteiger partial charge in [0, 0.05) is 10.6 Å². The van der Waals surface area contributed by atoms with Crippen molar-refractivity contribution in [1.82, 2.24) is 0 Å². The Hall–Kier alpha value is -0.830. The predicted molar refractivity (Wildman–Crippen MR) is 63.1 cm³/mol. The van der Waals surface area contributed by atoms with Crippen LogP contribution in [0.1, 0.15) is 26.2 Å². The SMILES string of the molecule is CCCCCOc1ccc(N)c(S)c1. The Bertz CT molecular complexity index is 289. The fourth-order valence-corrected chi connectivity index (χ4v) is 1.36. The highest BCUT2D eigenvalue weighted by atomic mass is 32.1. The van der Waals surface area contributed by atoms with E-state index in [1.807, 2.05) is 18.2 Å².